The quantitative estimate of drug-likeness (QED) is 0.543. The molecule has 0 spiro atoms. The van der Waals surface area contributed by atoms with E-state index in [0.29, 0.717) is 19.4 Å². The number of H-pyrrole nitrogens is 1. The number of halogens is 1. The Morgan fingerprint density at radius 2 is 1.97 bits per heavy atom. The van der Waals surface area contributed by atoms with Crippen LogP contribution in [-0.4, -0.2) is 46.6 Å². The molecule has 2 amide bonds. The summed E-state index contributed by atoms with van der Waals surface area (Å²) in [6.45, 7) is 0.501. The van der Waals surface area contributed by atoms with Crippen LogP contribution in [0.25, 0.3) is 0 Å². The molecule has 160 valence electrons. The van der Waals surface area contributed by atoms with Crippen LogP contribution in [0.5, 0.6) is 0 Å². The zero-order valence-corrected chi connectivity index (χ0v) is 18.6. The minimum atomic E-state index is -0.786. The number of nitrogens with zero attached hydrogens (tertiary/aromatic N) is 2. The number of carbonyl (C=O) groups is 2. The van der Waals surface area contributed by atoms with Gasteiger partial charge in [0.05, 0.1) is 19.1 Å². The fourth-order valence-electron chi connectivity index (χ4n) is 3.90. The minimum absolute atomic E-state index is 0.326. The van der Waals surface area contributed by atoms with Crippen molar-refractivity contribution in [3.63, 3.8) is 0 Å². The van der Waals surface area contributed by atoms with Crippen molar-refractivity contribution in [2.24, 2.45) is 0 Å². The Morgan fingerprint density at radius 3 is 2.68 bits per heavy atom. The summed E-state index contributed by atoms with van der Waals surface area (Å²) in [4.78, 5) is 35.2. The smallest absolute Gasteiger partial charge is 0.328 e. The molecular weight excluding hydrogens is 460 g/mol. The Labute approximate surface area is 189 Å². The largest absolute Gasteiger partial charge is 0.467 e. The number of aromatic nitrogens is 2. The van der Waals surface area contributed by atoms with Gasteiger partial charge in [0.1, 0.15) is 12.1 Å². The van der Waals surface area contributed by atoms with E-state index in [1.165, 1.54) is 7.11 Å². The molecule has 1 aromatic heterocycles. The molecule has 2 N–H and O–H groups in total. The average molecular weight is 483 g/mol. The zero-order chi connectivity index (χ0) is 21.8. The van der Waals surface area contributed by atoms with Crippen molar-refractivity contribution >= 4 is 27.9 Å². The van der Waals surface area contributed by atoms with Gasteiger partial charge in [-0.3, -0.25) is 0 Å². The third-order valence-corrected chi connectivity index (χ3v) is 5.97. The molecule has 0 saturated heterocycles. The van der Waals surface area contributed by atoms with E-state index in [0.717, 1.165) is 27.0 Å². The number of rotatable bonds is 5. The van der Waals surface area contributed by atoms with Crippen LogP contribution in [0.4, 0.5) is 4.79 Å². The van der Waals surface area contributed by atoms with Crippen LogP contribution >= 0.6 is 15.9 Å². The van der Waals surface area contributed by atoms with Gasteiger partial charge in [-0.1, -0.05) is 58.4 Å². The molecule has 0 bridgehead atoms. The van der Waals surface area contributed by atoms with E-state index < -0.39 is 12.0 Å². The molecule has 3 aromatic rings. The highest BCUT2D eigenvalue weighted by Gasteiger charge is 2.35. The zero-order valence-electron chi connectivity index (χ0n) is 17.0. The van der Waals surface area contributed by atoms with E-state index in [1.54, 1.807) is 11.2 Å². The van der Waals surface area contributed by atoms with Gasteiger partial charge in [0, 0.05) is 29.6 Å². The Balaban J connectivity index is 1.60. The number of carbonyl (C=O) groups excluding carboxylic acids is 2. The molecule has 31 heavy (non-hydrogen) atoms. The lowest BCUT2D eigenvalue weighted by Gasteiger charge is -2.36. The van der Waals surface area contributed by atoms with Gasteiger partial charge in [-0.25, -0.2) is 14.6 Å². The molecule has 0 aliphatic carbocycles. The molecule has 2 aromatic carbocycles. The van der Waals surface area contributed by atoms with Crippen molar-refractivity contribution in [2.45, 2.75) is 24.9 Å². The van der Waals surface area contributed by atoms with E-state index in [2.05, 4.69) is 31.2 Å². The Hall–Kier alpha value is -3.13. The van der Waals surface area contributed by atoms with Gasteiger partial charge < -0.3 is 19.9 Å². The van der Waals surface area contributed by atoms with Crippen molar-refractivity contribution in [3.05, 3.63) is 87.9 Å². The summed E-state index contributed by atoms with van der Waals surface area (Å²) < 4.78 is 5.90. The van der Waals surface area contributed by atoms with Crippen LogP contribution in [-0.2, 0) is 22.4 Å². The predicted octanol–water partition coefficient (Wildman–Crippen LogP) is 3.61. The highest BCUT2D eigenvalue weighted by molar-refractivity contribution is 9.10. The number of aromatic amines is 1. The number of urea groups is 1. The molecule has 0 fully saturated rings. The van der Waals surface area contributed by atoms with Crippen molar-refractivity contribution in [3.8, 4) is 0 Å². The SMILES string of the molecule is COC(=O)[C@@H](Cc1ccccc1)NC(=O)N1CCc2[nH]cnc2C1c1ccc(Br)cc1. The van der Waals surface area contributed by atoms with E-state index in [9.17, 15) is 9.59 Å². The van der Waals surface area contributed by atoms with E-state index in [4.69, 9.17) is 4.74 Å². The molecule has 2 atom stereocenters. The third kappa shape index (κ3) is 4.64. The number of nitrogens with one attached hydrogen (secondary N) is 2. The molecule has 1 aliphatic heterocycles. The number of hydrogen-bond acceptors (Lipinski definition) is 4. The maximum atomic E-state index is 13.4. The van der Waals surface area contributed by atoms with Gasteiger partial charge in [0.15, 0.2) is 0 Å². The van der Waals surface area contributed by atoms with Gasteiger partial charge in [-0.05, 0) is 23.3 Å². The van der Waals surface area contributed by atoms with Crippen LogP contribution in [0.2, 0.25) is 0 Å². The van der Waals surface area contributed by atoms with Crippen molar-refractivity contribution in [1.82, 2.24) is 20.2 Å². The third-order valence-electron chi connectivity index (χ3n) is 5.44. The fourth-order valence-corrected chi connectivity index (χ4v) is 4.16. The van der Waals surface area contributed by atoms with Gasteiger partial charge in [0.2, 0.25) is 0 Å². The van der Waals surface area contributed by atoms with Gasteiger partial charge in [-0.15, -0.1) is 0 Å². The number of esters is 1. The molecular formula is C23H23BrN4O3. The molecule has 0 saturated carbocycles. The standard InChI is InChI=1S/C23H23BrN4O3/c1-31-22(29)19(13-15-5-3-2-4-6-15)27-23(30)28-12-11-18-20(26-14-25-18)21(28)16-7-9-17(24)10-8-16/h2-10,14,19,21H,11-13H2,1H3,(H,25,26)(H,27,30)/t19-,21?/m1/s1. The number of imidazole rings is 1. The molecule has 8 heteroatoms. The first kappa shape index (κ1) is 21.1. The predicted molar refractivity (Wildman–Crippen MR) is 119 cm³/mol. The Kier molecular flexibility index (Phi) is 6.36. The number of hydrogen-bond donors (Lipinski definition) is 2. The first-order valence-electron chi connectivity index (χ1n) is 10.0. The summed E-state index contributed by atoms with van der Waals surface area (Å²) in [7, 11) is 1.33. The second-order valence-electron chi connectivity index (χ2n) is 7.38. The van der Waals surface area contributed by atoms with Gasteiger partial charge in [-0.2, -0.15) is 0 Å². The molecule has 1 unspecified atom stereocenters. The number of methoxy groups -OCH3 is 1. The minimum Gasteiger partial charge on any atom is -0.467 e. The summed E-state index contributed by atoms with van der Waals surface area (Å²) in [6, 6.07) is 15.9. The first-order chi connectivity index (χ1) is 15.1. The van der Waals surface area contributed by atoms with Crippen LogP contribution in [0.15, 0.2) is 65.4 Å². The number of amides is 2. The number of ether oxygens (including phenoxy) is 1. The summed E-state index contributed by atoms with van der Waals surface area (Å²) in [6.07, 6.45) is 2.67. The highest BCUT2D eigenvalue weighted by atomic mass is 79.9. The second kappa shape index (κ2) is 9.34. The second-order valence-corrected chi connectivity index (χ2v) is 8.29. The summed E-state index contributed by atoms with van der Waals surface area (Å²) in [5, 5.41) is 2.89. The Bertz CT molecular complexity index is 1050. The topological polar surface area (TPSA) is 87.3 Å². The lowest BCUT2D eigenvalue weighted by Crippen LogP contribution is -2.52. The van der Waals surface area contributed by atoms with Crippen LogP contribution in [0, 0.1) is 0 Å². The maximum Gasteiger partial charge on any atom is 0.328 e. The lowest BCUT2D eigenvalue weighted by molar-refractivity contribution is -0.142. The highest BCUT2D eigenvalue weighted by Crippen LogP contribution is 2.34. The molecule has 2 heterocycles. The average Bonchev–Trinajstić information content (AvgIpc) is 3.27. The number of fused-ring (bicyclic) bond motifs is 1. The van der Waals surface area contributed by atoms with Gasteiger partial charge in [0.25, 0.3) is 0 Å². The molecule has 7 nitrogen and oxygen atoms in total. The van der Waals surface area contributed by atoms with Crippen molar-refractivity contribution in [1.29, 1.82) is 0 Å². The van der Waals surface area contributed by atoms with Gasteiger partial charge >= 0.3 is 12.0 Å². The number of benzene rings is 2. The lowest BCUT2D eigenvalue weighted by atomic mass is 9.96. The van der Waals surface area contributed by atoms with Crippen LogP contribution in [0.1, 0.15) is 28.6 Å². The van der Waals surface area contributed by atoms with Crippen LogP contribution < -0.4 is 5.32 Å². The molecule has 4 rings (SSSR count). The fraction of sp³-hybridized carbons (Fsp3) is 0.261. The normalized spacial score (nSPS) is 16.3. The molecule has 1 aliphatic rings. The van der Waals surface area contributed by atoms with Crippen molar-refractivity contribution < 1.29 is 14.3 Å². The van der Waals surface area contributed by atoms with E-state index in [1.807, 2.05) is 54.6 Å². The monoisotopic (exact) mass is 482 g/mol. The molecule has 0 radical (unpaired) electrons. The van der Waals surface area contributed by atoms with E-state index in [-0.39, 0.29) is 12.1 Å². The summed E-state index contributed by atoms with van der Waals surface area (Å²) in [5.74, 6) is -0.477. The Morgan fingerprint density at radius 1 is 1.23 bits per heavy atom. The van der Waals surface area contributed by atoms with Crippen molar-refractivity contribution in [2.75, 3.05) is 13.7 Å². The summed E-state index contributed by atoms with van der Waals surface area (Å²) in [5.41, 5.74) is 3.73. The summed E-state index contributed by atoms with van der Waals surface area (Å²) >= 11 is 3.46. The van der Waals surface area contributed by atoms with Crippen LogP contribution in [0.3, 0.4) is 0 Å². The first-order valence-corrected chi connectivity index (χ1v) is 10.8. The van der Waals surface area contributed by atoms with E-state index >= 15 is 0 Å². The maximum absolute atomic E-state index is 13.4.